The molecule has 1 heterocycles. The third-order valence-corrected chi connectivity index (χ3v) is 4.35. The molecule has 0 bridgehead atoms. The van der Waals surface area contributed by atoms with Crippen molar-refractivity contribution in [1.82, 2.24) is 5.32 Å². The summed E-state index contributed by atoms with van der Waals surface area (Å²) in [6.07, 6.45) is 2.43. The van der Waals surface area contributed by atoms with Gasteiger partial charge in [-0.2, -0.15) is 0 Å². The van der Waals surface area contributed by atoms with E-state index in [0.717, 1.165) is 34.7 Å². The van der Waals surface area contributed by atoms with E-state index < -0.39 is 0 Å². The molecule has 1 aliphatic rings. The Morgan fingerprint density at radius 3 is 2.38 bits per heavy atom. The first-order valence-corrected chi connectivity index (χ1v) is 8.92. The summed E-state index contributed by atoms with van der Waals surface area (Å²) in [6, 6.07) is 16.1. The normalized spacial score (nSPS) is 16.3. The summed E-state index contributed by atoms with van der Waals surface area (Å²) in [4.78, 5) is 0. The van der Waals surface area contributed by atoms with Gasteiger partial charge in [0.25, 0.3) is 0 Å². The molecule has 2 aromatic carbocycles. The maximum atomic E-state index is 5.79. The number of hydrogen-bond donors (Lipinski definition) is 1. The van der Waals surface area contributed by atoms with Gasteiger partial charge in [0, 0.05) is 16.1 Å². The summed E-state index contributed by atoms with van der Waals surface area (Å²) >= 11 is 3.41. The summed E-state index contributed by atoms with van der Waals surface area (Å²) < 4.78 is 12.5. The summed E-state index contributed by atoms with van der Waals surface area (Å²) in [6.45, 7) is 2.18. The van der Waals surface area contributed by atoms with Gasteiger partial charge in [-0.1, -0.05) is 27.8 Å². The Labute approximate surface area is 151 Å². The van der Waals surface area contributed by atoms with Crippen LogP contribution in [0.4, 0.5) is 0 Å². The van der Waals surface area contributed by atoms with Crippen LogP contribution < -0.4 is 14.8 Å². The molecule has 4 heteroatoms. The highest BCUT2D eigenvalue weighted by Crippen LogP contribution is 2.18. The molecule has 0 radical (unpaired) electrons. The van der Waals surface area contributed by atoms with Crippen molar-refractivity contribution >= 4 is 15.9 Å². The SMILES string of the molecule is Brc1ccc(C#CCOc2ccc(OCC3CCCN3)cc2)cc1. The predicted octanol–water partition coefficient (Wildman–Crippen LogP) is 4.01. The maximum absolute atomic E-state index is 5.79. The molecule has 0 amide bonds. The van der Waals surface area contributed by atoms with Crippen molar-refractivity contribution in [2.45, 2.75) is 18.9 Å². The van der Waals surface area contributed by atoms with E-state index in [1.54, 1.807) is 0 Å². The van der Waals surface area contributed by atoms with Crippen molar-refractivity contribution in [3.05, 3.63) is 58.6 Å². The van der Waals surface area contributed by atoms with E-state index in [1.165, 1.54) is 12.8 Å². The van der Waals surface area contributed by atoms with Crippen molar-refractivity contribution in [3.63, 3.8) is 0 Å². The van der Waals surface area contributed by atoms with Gasteiger partial charge < -0.3 is 14.8 Å². The van der Waals surface area contributed by atoms with Crippen LogP contribution >= 0.6 is 15.9 Å². The van der Waals surface area contributed by atoms with Crippen LogP contribution in [0.25, 0.3) is 0 Å². The molecule has 1 unspecified atom stereocenters. The molecule has 24 heavy (non-hydrogen) atoms. The zero-order valence-electron chi connectivity index (χ0n) is 13.4. The Balaban J connectivity index is 1.43. The van der Waals surface area contributed by atoms with Gasteiger partial charge in [0.1, 0.15) is 24.7 Å². The average molecular weight is 386 g/mol. The zero-order valence-corrected chi connectivity index (χ0v) is 15.0. The Hall–Kier alpha value is -1.96. The van der Waals surface area contributed by atoms with Gasteiger partial charge in [-0.05, 0) is 67.9 Å². The molecule has 0 aromatic heterocycles. The predicted molar refractivity (Wildman–Crippen MR) is 99.5 cm³/mol. The number of halogens is 1. The van der Waals surface area contributed by atoms with Crippen molar-refractivity contribution < 1.29 is 9.47 Å². The van der Waals surface area contributed by atoms with Crippen molar-refractivity contribution in [2.24, 2.45) is 0 Å². The Morgan fingerprint density at radius 1 is 1.00 bits per heavy atom. The van der Waals surface area contributed by atoms with Crippen LogP contribution in [0.3, 0.4) is 0 Å². The largest absolute Gasteiger partial charge is 0.492 e. The molecule has 0 aliphatic carbocycles. The lowest BCUT2D eigenvalue weighted by Crippen LogP contribution is -2.28. The van der Waals surface area contributed by atoms with Crippen LogP contribution in [-0.2, 0) is 0 Å². The molecule has 1 atom stereocenters. The zero-order chi connectivity index (χ0) is 16.6. The summed E-state index contributed by atoms with van der Waals surface area (Å²) in [5.41, 5.74) is 0.978. The molecule has 3 rings (SSSR count). The fraction of sp³-hybridized carbons (Fsp3) is 0.300. The Bertz CT molecular complexity index is 695. The van der Waals surface area contributed by atoms with Crippen LogP contribution in [0.5, 0.6) is 11.5 Å². The first-order chi connectivity index (χ1) is 11.8. The topological polar surface area (TPSA) is 30.5 Å². The number of hydrogen-bond acceptors (Lipinski definition) is 3. The second-order valence-corrected chi connectivity index (χ2v) is 6.59. The molecule has 1 aliphatic heterocycles. The highest BCUT2D eigenvalue weighted by Gasteiger charge is 2.14. The molecule has 2 aromatic rings. The lowest BCUT2D eigenvalue weighted by Gasteiger charge is -2.12. The van der Waals surface area contributed by atoms with Crippen LogP contribution in [-0.4, -0.2) is 25.8 Å². The minimum absolute atomic E-state index is 0.363. The molecular weight excluding hydrogens is 366 g/mol. The van der Waals surface area contributed by atoms with Gasteiger partial charge in [0.05, 0.1) is 0 Å². The van der Waals surface area contributed by atoms with Gasteiger partial charge >= 0.3 is 0 Å². The van der Waals surface area contributed by atoms with E-state index in [4.69, 9.17) is 9.47 Å². The average Bonchev–Trinajstić information content (AvgIpc) is 3.13. The van der Waals surface area contributed by atoms with Crippen LogP contribution in [0.15, 0.2) is 53.0 Å². The van der Waals surface area contributed by atoms with Crippen LogP contribution in [0, 0.1) is 11.8 Å². The Morgan fingerprint density at radius 2 is 1.71 bits per heavy atom. The Kier molecular flexibility index (Phi) is 6.17. The highest BCUT2D eigenvalue weighted by atomic mass is 79.9. The lowest BCUT2D eigenvalue weighted by atomic mass is 10.2. The second-order valence-electron chi connectivity index (χ2n) is 5.67. The highest BCUT2D eigenvalue weighted by molar-refractivity contribution is 9.10. The summed E-state index contributed by atoms with van der Waals surface area (Å²) in [5, 5.41) is 3.42. The van der Waals surface area contributed by atoms with Crippen LogP contribution in [0.1, 0.15) is 18.4 Å². The fourth-order valence-electron chi connectivity index (χ4n) is 2.52. The fourth-order valence-corrected chi connectivity index (χ4v) is 2.78. The summed E-state index contributed by atoms with van der Waals surface area (Å²) in [5.74, 6) is 7.77. The molecule has 1 saturated heterocycles. The minimum Gasteiger partial charge on any atom is -0.492 e. The van der Waals surface area contributed by atoms with E-state index in [0.29, 0.717) is 12.6 Å². The van der Waals surface area contributed by atoms with E-state index in [1.807, 2.05) is 48.5 Å². The van der Waals surface area contributed by atoms with Gasteiger partial charge in [-0.15, -0.1) is 0 Å². The van der Waals surface area contributed by atoms with Gasteiger partial charge in [-0.25, -0.2) is 0 Å². The number of rotatable bonds is 5. The molecule has 1 N–H and O–H groups in total. The van der Waals surface area contributed by atoms with E-state index in [9.17, 15) is 0 Å². The van der Waals surface area contributed by atoms with Crippen molar-refractivity contribution in [1.29, 1.82) is 0 Å². The van der Waals surface area contributed by atoms with Gasteiger partial charge in [-0.3, -0.25) is 0 Å². The van der Waals surface area contributed by atoms with Crippen molar-refractivity contribution in [3.8, 4) is 23.3 Å². The maximum Gasteiger partial charge on any atom is 0.149 e. The summed E-state index contributed by atoms with van der Waals surface area (Å²) in [7, 11) is 0. The first kappa shape index (κ1) is 16.9. The van der Waals surface area contributed by atoms with Gasteiger partial charge in [0.15, 0.2) is 0 Å². The third kappa shape index (κ3) is 5.30. The first-order valence-electron chi connectivity index (χ1n) is 8.13. The smallest absolute Gasteiger partial charge is 0.149 e. The number of ether oxygens (including phenoxy) is 2. The minimum atomic E-state index is 0.363. The van der Waals surface area contributed by atoms with E-state index >= 15 is 0 Å². The van der Waals surface area contributed by atoms with Crippen LogP contribution in [0.2, 0.25) is 0 Å². The molecule has 0 saturated carbocycles. The standard InChI is InChI=1S/C20H20BrNO2/c21-17-7-5-16(6-8-17)3-2-14-23-19-9-11-20(12-10-19)24-15-18-4-1-13-22-18/h5-12,18,22H,1,4,13-15H2. The molecule has 1 fully saturated rings. The quantitative estimate of drug-likeness (QED) is 0.788. The van der Waals surface area contributed by atoms with E-state index in [-0.39, 0.29) is 0 Å². The van der Waals surface area contributed by atoms with Crippen molar-refractivity contribution in [2.75, 3.05) is 19.8 Å². The molecular formula is C20H20BrNO2. The molecule has 0 spiro atoms. The molecule has 124 valence electrons. The lowest BCUT2D eigenvalue weighted by molar-refractivity contribution is 0.276. The van der Waals surface area contributed by atoms with E-state index in [2.05, 4.69) is 33.1 Å². The molecule has 3 nitrogen and oxygen atoms in total. The second kappa shape index (κ2) is 8.77. The third-order valence-electron chi connectivity index (χ3n) is 3.83. The van der Waals surface area contributed by atoms with Gasteiger partial charge in [0.2, 0.25) is 0 Å². The number of benzene rings is 2. The monoisotopic (exact) mass is 385 g/mol. The number of nitrogens with one attached hydrogen (secondary N) is 1.